The quantitative estimate of drug-likeness (QED) is 0.784. The molecular weight excluding hydrogens is 268 g/mol. The van der Waals surface area contributed by atoms with Gasteiger partial charge in [0.15, 0.2) is 0 Å². The topological polar surface area (TPSA) is 42.7 Å². The maximum Gasteiger partial charge on any atom is 0.111 e. The lowest BCUT2D eigenvalue weighted by Crippen LogP contribution is -2.22. The second-order valence-corrected chi connectivity index (χ2v) is 5.95. The Hall–Kier alpha value is -1.72. The standard InChI is InChI=1S/C15H18N4S/c1-11(16-9-7-12-8-10-17-19(12)2)15-18-13-5-3-4-6-14(13)20-15/h3-6,8,10-11,16H,7,9H2,1-2H3. The van der Waals surface area contributed by atoms with Gasteiger partial charge in [0, 0.05) is 31.9 Å². The molecule has 1 aromatic carbocycles. The summed E-state index contributed by atoms with van der Waals surface area (Å²) >= 11 is 1.77. The minimum Gasteiger partial charge on any atom is -0.308 e. The van der Waals surface area contributed by atoms with E-state index in [0.717, 1.165) is 23.5 Å². The molecule has 0 aliphatic carbocycles. The second kappa shape index (κ2) is 5.73. The molecule has 4 nitrogen and oxygen atoms in total. The van der Waals surface area contributed by atoms with Crippen LogP contribution in [0.25, 0.3) is 10.2 Å². The van der Waals surface area contributed by atoms with Crippen molar-refractivity contribution >= 4 is 21.6 Å². The third-order valence-electron chi connectivity index (χ3n) is 3.43. The first kappa shape index (κ1) is 13.3. The van der Waals surface area contributed by atoms with Crippen molar-refractivity contribution in [2.24, 2.45) is 7.05 Å². The Labute approximate surface area is 122 Å². The fraction of sp³-hybridized carbons (Fsp3) is 0.333. The SMILES string of the molecule is CC(NCCc1ccnn1C)c1nc2ccccc2s1. The molecule has 3 rings (SSSR count). The zero-order chi connectivity index (χ0) is 13.9. The zero-order valence-electron chi connectivity index (χ0n) is 11.7. The van der Waals surface area contributed by atoms with Crippen LogP contribution in [0.1, 0.15) is 23.7 Å². The Kier molecular flexibility index (Phi) is 3.80. The van der Waals surface area contributed by atoms with Crippen LogP contribution < -0.4 is 5.32 Å². The predicted molar refractivity (Wildman–Crippen MR) is 82.9 cm³/mol. The molecular formula is C15H18N4S. The summed E-state index contributed by atoms with van der Waals surface area (Å²) in [6.07, 6.45) is 2.82. The third kappa shape index (κ3) is 2.73. The van der Waals surface area contributed by atoms with Crippen molar-refractivity contribution in [1.29, 1.82) is 0 Å². The van der Waals surface area contributed by atoms with E-state index < -0.39 is 0 Å². The average Bonchev–Trinajstić information content (AvgIpc) is 3.05. The van der Waals surface area contributed by atoms with Crippen LogP contribution in [0.3, 0.4) is 0 Å². The number of benzene rings is 1. The molecule has 0 radical (unpaired) electrons. The van der Waals surface area contributed by atoms with Crippen molar-refractivity contribution in [3.63, 3.8) is 0 Å². The first-order valence-corrected chi connectivity index (χ1v) is 7.61. The summed E-state index contributed by atoms with van der Waals surface area (Å²) < 4.78 is 3.17. The van der Waals surface area contributed by atoms with Crippen LogP contribution in [0, 0.1) is 0 Å². The highest BCUT2D eigenvalue weighted by molar-refractivity contribution is 7.18. The van der Waals surface area contributed by atoms with Crippen LogP contribution in [-0.2, 0) is 13.5 Å². The fourth-order valence-corrected chi connectivity index (χ4v) is 3.22. The molecule has 0 fully saturated rings. The van der Waals surface area contributed by atoms with Crippen LogP contribution in [0.15, 0.2) is 36.5 Å². The first-order chi connectivity index (χ1) is 9.74. The Morgan fingerprint density at radius 3 is 2.90 bits per heavy atom. The van der Waals surface area contributed by atoms with Crippen molar-refractivity contribution in [1.82, 2.24) is 20.1 Å². The van der Waals surface area contributed by atoms with Crippen molar-refractivity contribution in [2.75, 3.05) is 6.54 Å². The van der Waals surface area contributed by atoms with Gasteiger partial charge < -0.3 is 5.32 Å². The lowest BCUT2D eigenvalue weighted by atomic mass is 10.3. The Morgan fingerprint density at radius 2 is 2.15 bits per heavy atom. The Morgan fingerprint density at radius 1 is 1.30 bits per heavy atom. The van der Waals surface area contributed by atoms with Crippen LogP contribution in [0.4, 0.5) is 0 Å². The Balaban J connectivity index is 1.61. The number of nitrogens with zero attached hydrogens (tertiary/aromatic N) is 3. The van der Waals surface area contributed by atoms with Gasteiger partial charge in [0.25, 0.3) is 0 Å². The van der Waals surface area contributed by atoms with Gasteiger partial charge in [-0.2, -0.15) is 5.10 Å². The highest BCUT2D eigenvalue weighted by atomic mass is 32.1. The molecule has 0 saturated carbocycles. The van der Waals surface area contributed by atoms with Crippen LogP contribution >= 0.6 is 11.3 Å². The van der Waals surface area contributed by atoms with E-state index >= 15 is 0 Å². The Bertz CT molecular complexity index is 668. The number of aromatic nitrogens is 3. The number of thiazole rings is 1. The van der Waals surface area contributed by atoms with Gasteiger partial charge in [-0.3, -0.25) is 4.68 Å². The molecule has 1 atom stereocenters. The molecule has 2 aromatic heterocycles. The minimum absolute atomic E-state index is 0.278. The molecule has 3 aromatic rings. The summed E-state index contributed by atoms with van der Waals surface area (Å²) in [7, 11) is 1.98. The molecule has 0 saturated heterocycles. The summed E-state index contributed by atoms with van der Waals surface area (Å²) in [4.78, 5) is 4.68. The maximum atomic E-state index is 4.68. The monoisotopic (exact) mass is 286 g/mol. The molecule has 20 heavy (non-hydrogen) atoms. The number of nitrogens with one attached hydrogen (secondary N) is 1. The van der Waals surface area contributed by atoms with Gasteiger partial charge in [-0.1, -0.05) is 12.1 Å². The minimum atomic E-state index is 0.278. The van der Waals surface area contributed by atoms with Crippen molar-refractivity contribution < 1.29 is 0 Å². The smallest absolute Gasteiger partial charge is 0.111 e. The van der Waals surface area contributed by atoms with E-state index in [1.807, 2.05) is 24.0 Å². The molecule has 1 unspecified atom stereocenters. The van der Waals surface area contributed by atoms with Gasteiger partial charge in [0.2, 0.25) is 0 Å². The highest BCUT2D eigenvalue weighted by Gasteiger charge is 2.10. The molecule has 104 valence electrons. The fourth-order valence-electron chi connectivity index (χ4n) is 2.23. The van der Waals surface area contributed by atoms with Gasteiger partial charge in [-0.05, 0) is 25.1 Å². The maximum absolute atomic E-state index is 4.68. The van der Waals surface area contributed by atoms with E-state index in [2.05, 4.69) is 46.6 Å². The lowest BCUT2D eigenvalue weighted by molar-refractivity contribution is 0.562. The molecule has 0 aliphatic heterocycles. The second-order valence-electron chi connectivity index (χ2n) is 4.89. The van der Waals surface area contributed by atoms with Gasteiger partial charge >= 0.3 is 0 Å². The third-order valence-corrected chi connectivity index (χ3v) is 4.65. The van der Waals surface area contributed by atoms with E-state index in [1.54, 1.807) is 11.3 Å². The summed E-state index contributed by atoms with van der Waals surface area (Å²) in [6, 6.07) is 10.6. The molecule has 0 aliphatic rings. The molecule has 2 heterocycles. The molecule has 0 amide bonds. The highest BCUT2D eigenvalue weighted by Crippen LogP contribution is 2.25. The van der Waals surface area contributed by atoms with E-state index in [0.29, 0.717) is 0 Å². The van der Waals surface area contributed by atoms with Crippen molar-refractivity contribution in [3.8, 4) is 0 Å². The number of para-hydroxylation sites is 1. The zero-order valence-corrected chi connectivity index (χ0v) is 12.5. The van der Waals surface area contributed by atoms with E-state index in [9.17, 15) is 0 Å². The van der Waals surface area contributed by atoms with Crippen LogP contribution in [0.5, 0.6) is 0 Å². The van der Waals surface area contributed by atoms with Gasteiger partial charge in [0.1, 0.15) is 5.01 Å². The molecule has 0 spiro atoms. The summed E-state index contributed by atoms with van der Waals surface area (Å²) in [5.41, 5.74) is 2.33. The lowest BCUT2D eigenvalue weighted by Gasteiger charge is -2.10. The van der Waals surface area contributed by atoms with Crippen molar-refractivity contribution in [3.05, 3.63) is 47.2 Å². The largest absolute Gasteiger partial charge is 0.308 e. The van der Waals surface area contributed by atoms with Gasteiger partial charge in [0.05, 0.1) is 16.3 Å². The molecule has 0 bridgehead atoms. The normalized spacial score (nSPS) is 12.9. The summed E-state index contributed by atoms with van der Waals surface area (Å²) in [6.45, 7) is 3.09. The van der Waals surface area contributed by atoms with Crippen LogP contribution in [0.2, 0.25) is 0 Å². The predicted octanol–water partition coefficient (Wildman–Crippen LogP) is 2.92. The number of hydrogen-bond acceptors (Lipinski definition) is 4. The number of hydrogen-bond donors (Lipinski definition) is 1. The number of fused-ring (bicyclic) bond motifs is 1. The summed E-state index contributed by atoms with van der Waals surface area (Å²) in [5, 5.41) is 8.86. The average molecular weight is 286 g/mol. The number of aryl methyl sites for hydroxylation is 1. The van der Waals surface area contributed by atoms with Crippen molar-refractivity contribution in [2.45, 2.75) is 19.4 Å². The van der Waals surface area contributed by atoms with Gasteiger partial charge in [-0.15, -0.1) is 11.3 Å². The van der Waals surface area contributed by atoms with Gasteiger partial charge in [-0.25, -0.2) is 4.98 Å². The van der Waals surface area contributed by atoms with E-state index in [1.165, 1.54) is 10.4 Å². The number of rotatable bonds is 5. The summed E-state index contributed by atoms with van der Waals surface area (Å²) in [5.74, 6) is 0. The first-order valence-electron chi connectivity index (χ1n) is 6.80. The van der Waals surface area contributed by atoms with E-state index in [4.69, 9.17) is 0 Å². The van der Waals surface area contributed by atoms with Crippen LogP contribution in [-0.4, -0.2) is 21.3 Å². The molecule has 1 N–H and O–H groups in total. The molecule has 5 heteroatoms. The van der Waals surface area contributed by atoms with E-state index in [-0.39, 0.29) is 6.04 Å².